The van der Waals surface area contributed by atoms with E-state index >= 15 is 0 Å². The van der Waals surface area contributed by atoms with E-state index in [2.05, 4.69) is 34.2 Å². The molecule has 1 aliphatic rings. The van der Waals surface area contributed by atoms with Crippen LogP contribution in [0.5, 0.6) is 5.75 Å². The number of carbonyl (C=O) groups excluding carboxylic acids is 1. The third-order valence-electron chi connectivity index (χ3n) is 4.58. The van der Waals surface area contributed by atoms with Crippen molar-refractivity contribution in [2.45, 2.75) is 39.5 Å². The maximum atomic E-state index is 12.5. The molecule has 6 nitrogen and oxygen atoms in total. The molecule has 2 heterocycles. The number of hydrogen-bond donors (Lipinski definition) is 1. The van der Waals surface area contributed by atoms with Crippen LogP contribution in [0, 0.1) is 19.8 Å². The number of H-pyrrole nitrogens is 1. The zero-order chi connectivity index (χ0) is 17.6. The van der Waals surface area contributed by atoms with Gasteiger partial charge in [-0.05, 0) is 38.8 Å². The number of piperidine rings is 1. The van der Waals surface area contributed by atoms with Crippen molar-refractivity contribution in [1.29, 1.82) is 0 Å². The van der Waals surface area contributed by atoms with Crippen LogP contribution in [0.15, 0.2) is 24.3 Å². The molecule has 0 bridgehead atoms. The number of carbonyl (C=O) groups is 1. The Hall–Kier alpha value is -2.37. The summed E-state index contributed by atoms with van der Waals surface area (Å²) in [6, 6.07) is 8.10. The van der Waals surface area contributed by atoms with Crippen LogP contribution in [0.2, 0.25) is 0 Å². The largest absolute Gasteiger partial charge is 0.493 e. The van der Waals surface area contributed by atoms with E-state index in [-0.39, 0.29) is 5.91 Å². The molecule has 0 aliphatic carbocycles. The number of rotatable bonds is 6. The number of ether oxygens (including phenoxy) is 1. The van der Waals surface area contributed by atoms with Gasteiger partial charge in [0.25, 0.3) is 0 Å². The van der Waals surface area contributed by atoms with E-state index in [4.69, 9.17) is 4.74 Å². The predicted octanol–water partition coefficient (Wildman–Crippen LogP) is 2.67. The van der Waals surface area contributed by atoms with Gasteiger partial charge < -0.3 is 9.64 Å². The fraction of sp³-hybridized carbons (Fsp3) is 0.526. The lowest BCUT2D eigenvalue weighted by atomic mass is 9.98. The minimum Gasteiger partial charge on any atom is -0.493 e. The molecule has 1 aromatic carbocycles. The lowest BCUT2D eigenvalue weighted by molar-refractivity contribution is -0.133. The van der Waals surface area contributed by atoms with Crippen LogP contribution in [0.1, 0.15) is 36.5 Å². The van der Waals surface area contributed by atoms with Gasteiger partial charge in [-0.25, -0.2) is 4.98 Å². The van der Waals surface area contributed by atoms with Crippen LogP contribution in [-0.4, -0.2) is 45.7 Å². The van der Waals surface area contributed by atoms with Crippen molar-refractivity contribution in [1.82, 2.24) is 20.1 Å². The number of aromatic amines is 1. The quantitative estimate of drug-likeness (QED) is 0.876. The third kappa shape index (κ3) is 5.05. The maximum absolute atomic E-state index is 12.5. The summed E-state index contributed by atoms with van der Waals surface area (Å²) in [5.41, 5.74) is 1.23. The summed E-state index contributed by atoms with van der Waals surface area (Å²) in [5.74, 6) is 2.97. The average Bonchev–Trinajstić information content (AvgIpc) is 3.05. The molecule has 3 rings (SSSR count). The van der Waals surface area contributed by atoms with E-state index in [1.807, 2.05) is 24.0 Å². The number of hydrogen-bond acceptors (Lipinski definition) is 4. The molecule has 0 radical (unpaired) electrons. The van der Waals surface area contributed by atoms with Crippen molar-refractivity contribution in [3.63, 3.8) is 0 Å². The molecule has 1 saturated heterocycles. The van der Waals surface area contributed by atoms with E-state index in [1.165, 1.54) is 5.56 Å². The summed E-state index contributed by atoms with van der Waals surface area (Å²) in [4.78, 5) is 18.7. The smallest absolute Gasteiger partial charge is 0.223 e. The number of amides is 1. The summed E-state index contributed by atoms with van der Waals surface area (Å²) >= 11 is 0. The van der Waals surface area contributed by atoms with Crippen molar-refractivity contribution in [2.75, 3.05) is 19.7 Å². The summed E-state index contributed by atoms with van der Waals surface area (Å²) in [6.07, 6.45) is 3.19. The molecule has 134 valence electrons. The van der Waals surface area contributed by atoms with Gasteiger partial charge in [-0.2, -0.15) is 5.10 Å². The van der Waals surface area contributed by atoms with Crippen LogP contribution >= 0.6 is 0 Å². The molecular formula is C19H26N4O2. The second kappa shape index (κ2) is 8.14. The van der Waals surface area contributed by atoms with Gasteiger partial charge in [0.2, 0.25) is 5.91 Å². The Bertz CT molecular complexity index is 696. The van der Waals surface area contributed by atoms with Gasteiger partial charge in [-0.1, -0.05) is 17.7 Å². The summed E-state index contributed by atoms with van der Waals surface area (Å²) in [7, 11) is 0. The Morgan fingerprint density at radius 2 is 2.12 bits per heavy atom. The van der Waals surface area contributed by atoms with Crippen LogP contribution < -0.4 is 4.74 Å². The number of aryl methyl sites for hydroxylation is 3. The Kier molecular flexibility index (Phi) is 5.68. The number of aromatic nitrogens is 3. The number of benzene rings is 1. The summed E-state index contributed by atoms with van der Waals surface area (Å²) < 4.78 is 5.90. The maximum Gasteiger partial charge on any atom is 0.223 e. The second-order valence-corrected chi connectivity index (χ2v) is 6.81. The highest BCUT2D eigenvalue weighted by Crippen LogP contribution is 2.20. The molecule has 1 amide bonds. The molecule has 1 fully saturated rings. The van der Waals surface area contributed by atoms with Crippen molar-refractivity contribution in [3.8, 4) is 5.75 Å². The van der Waals surface area contributed by atoms with Gasteiger partial charge >= 0.3 is 0 Å². The first kappa shape index (κ1) is 17.5. The van der Waals surface area contributed by atoms with E-state index in [0.29, 0.717) is 31.2 Å². The Morgan fingerprint density at radius 3 is 2.84 bits per heavy atom. The molecule has 1 atom stereocenters. The minimum atomic E-state index is 0.183. The first-order valence-corrected chi connectivity index (χ1v) is 8.95. The lowest BCUT2D eigenvalue weighted by Crippen LogP contribution is -2.41. The van der Waals surface area contributed by atoms with Gasteiger partial charge in [0.05, 0.1) is 6.61 Å². The van der Waals surface area contributed by atoms with Crippen molar-refractivity contribution in [3.05, 3.63) is 41.5 Å². The fourth-order valence-corrected chi connectivity index (χ4v) is 3.15. The third-order valence-corrected chi connectivity index (χ3v) is 4.58. The van der Waals surface area contributed by atoms with Gasteiger partial charge in [-0.3, -0.25) is 9.89 Å². The highest BCUT2D eigenvalue weighted by molar-refractivity contribution is 5.76. The zero-order valence-electron chi connectivity index (χ0n) is 15.0. The second-order valence-electron chi connectivity index (χ2n) is 6.81. The normalized spacial score (nSPS) is 17.5. The molecular weight excluding hydrogens is 316 g/mol. The highest BCUT2D eigenvalue weighted by Gasteiger charge is 2.24. The molecule has 2 aromatic rings. The zero-order valence-corrected chi connectivity index (χ0v) is 15.0. The van der Waals surface area contributed by atoms with Crippen LogP contribution in [0.4, 0.5) is 0 Å². The van der Waals surface area contributed by atoms with Gasteiger partial charge in [0.1, 0.15) is 11.6 Å². The van der Waals surface area contributed by atoms with Gasteiger partial charge in [0, 0.05) is 31.8 Å². The molecule has 1 aromatic heterocycles. The van der Waals surface area contributed by atoms with Crippen molar-refractivity contribution < 1.29 is 9.53 Å². The summed E-state index contributed by atoms with van der Waals surface area (Å²) in [5, 5.41) is 6.90. The standard InChI is InChI=1S/C19H26N4O2/c1-14-5-7-17(8-6-14)25-13-16-4-3-11-23(12-16)19(24)10-9-18-20-15(2)21-22-18/h5-8,16H,3-4,9-13H2,1-2H3,(H,20,21,22)/t16-/m1/s1. The molecule has 1 N–H and O–H groups in total. The lowest BCUT2D eigenvalue weighted by Gasteiger charge is -2.32. The van der Waals surface area contributed by atoms with Crippen LogP contribution in [0.25, 0.3) is 0 Å². The Balaban J connectivity index is 1.45. The van der Waals surface area contributed by atoms with Crippen molar-refractivity contribution in [2.24, 2.45) is 5.92 Å². The van der Waals surface area contributed by atoms with E-state index in [1.54, 1.807) is 0 Å². The molecule has 0 unspecified atom stereocenters. The monoisotopic (exact) mass is 342 g/mol. The number of nitrogens with one attached hydrogen (secondary N) is 1. The molecule has 0 saturated carbocycles. The van der Waals surface area contributed by atoms with E-state index < -0.39 is 0 Å². The van der Waals surface area contributed by atoms with Gasteiger partial charge in [0.15, 0.2) is 5.82 Å². The number of likely N-dealkylation sites (tertiary alicyclic amines) is 1. The topological polar surface area (TPSA) is 71.1 Å². The minimum absolute atomic E-state index is 0.183. The molecule has 6 heteroatoms. The first-order chi connectivity index (χ1) is 12.1. The first-order valence-electron chi connectivity index (χ1n) is 8.95. The predicted molar refractivity (Wildman–Crippen MR) is 95.4 cm³/mol. The molecule has 0 spiro atoms. The van der Waals surface area contributed by atoms with E-state index in [0.717, 1.165) is 37.5 Å². The van der Waals surface area contributed by atoms with Gasteiger partial charge in [-0.15, -0.1) is 0 Å². The molecule has 1 aliphatic heterocycles. The Morgan fingerprint density at radius 1 is 1.32 bits per heavy atom. The summed E-state index contributed by atoms with van der Waals surface area (Å²) in [6.45, 7) is 6.20. The van der Waals surface area contributed by atoms with Crippen molar-refractivity contribution >= 4 is 5.91 Å². The number of nitrogens with zero attached hydrogens (tertiary/aromatic N) is 3. The Labute approximate surface area is 148 Å². The highest BCUT2D eigenvalue weighted by atomic mass is 16.5. The SMILES string of the molecule is Cc1ccc(OC[C@@H]2CCCN(C(=O)CCc3n[nH]c(C)n3)C2)cc1. The fourth-order valence-electron chi connectivity index (χ4n) is 3.15. The molecule has 25 heavy (non-hydrogen) atoms. The average molecular weight is 342 g/mol. The van der Waals surface area contributed by atoms with E-state index in [9.17, 15) is 4.79 Å². The van der Waals surface area contributed by atoms with Crippen LogP contribution in [0.3, 0.4) is 0 Å². The van der Waals surface area contributed by atoms with Crippen LogP contribution in [-0.2, 0) is 11.2 Å².